The second kappa shape index (κ2) is 6.74. The zero-order valence-electron chi connectivity index (χ0n) is 12.5. The molecule has 0 atom stereocenters. The van der Waals surface area contributed by atoms with E-state index in [9.17, 15) is 4.79 Å². The topological polar surface area (TPSA) is 98.3 Å². The number of benzene rings is 1. The van der Waals surface area contributed by atoms with Gasteiger partial charge in [0.1, 0.15) is 11.5 Å². The van der Waals surface area contributed by atoms with Gasteiger partial charge in [0, 0.05) is 17.3 Å². The van der Waals surface area contributed by atoms with E-state index in [0.29, 0.717) is 17.3 Å². The molecule has 0 fully saturated rings. The van der Waals surface area contributed by atoms with Crippen LogP contribution in [0.4, 0.5) is 0 Å². The Morgan fingerprint density at radius 1 is 1.21 bits per heavy atom. The van der Waals surface area contributed by atoms with Crippen molar-refractivity contribution in [2.24, 2.45) is 0 Å². The molecule has 7 heteroatoms. The number of carboxylic acids is 1. The number of aromatic nitrogens is 3. The van der Waals surface area contributed by atoms with Crippen molar-refractivity contribution in [3.63, 3.8) is 0 Å². The van der Waals surface area contributed by atoms with Gasteiger partial charge >= 0.3 is 5.97 Å². The first-order valence-electron chi connectivity index (χ1n) is 7.04. The van der Waals surface area contributed by atoms with E-state index in [2.05, 4.69) is 21.7 Å². The zero-order chi connectivity index (χ0) is 16.9. The van der Waals surface area contributed by atoms with Crippen LogP contribution in [0.2, 0.25) is 0 Å². The Hall–Kier alpha value is -3.48. The number of carbonyl (C=O) groups is 1. The van der Waals surface area contributed by atoms with Gasteiger partial charge in [-0.25, -0.2) is 4.79 Å². The third kappa shape index (κ3) is 3.64. The molecule has 120 valence electrons. The Labute approximate surface area is 137 Å². The predicted molar refractivity (Wildman–Crippen MR) is 84.5 cm³/mol. The smallest absolute Gasteiger partial charge is 0.331 e. The fraction of sp³-hybridized carbons (Fsp3) is 0.0588. The standard InChI is InChI=1S/C17H13N3O4/c1-11(17(21)22)9-15-19-16(20-24-15)12-4-6-13(7-5-12)23-14-3-2-8-18-10-14/h2-8,10H,1,9H2,(H,21,22). The summed E-state index contributed by atoms with van der Waals surface area (Å²) in [6.07, 6.45) is 3.29. The third-order valence-electron chi connectivity index (χ3n) is 3.12. The fourth-order valence-corrected chi connectivity index (χ4v) is 1.92. The van der Waals surface area contributed by atoms with Crippen LogP contribution < -0.4 is 4.74 Å². The molecule has 0 saturated carbocycles. The summed E-state index contributed by atoms with van der Waals surface area (Å²) < 4.78 is 10.7. The van der Waals surface area contributed by atoms with Gasteiger partial charge in [0.05, 0.1) is 12.6 Å². The molecule has 1 aromatic carbocycles. The first-order valence-corrected chi connectivity index (χ1v) is 7.04. The molecule has 3 rings (SSSR count). The molecule has 0 aliphatic heterocycles. The Morgan fingerprint density at radius 3 is 2.67 bits per heavy atom. The summed E-state index contributed by atoms with van der Waals surface area (Å²) in [5, 5.41) is 12.7. The minimum atomic E-state index is -1.09. The van der Waals surface area contributed by atoms with Gasteiger partial charge in [0.15, 0.2) is 0 Å². The Bertz CT molecular complexity index is 857. The van der Waals surface area contributed by atoms with Crippen molar-refractivity contribution in [3.8, 4) is 22.9 Å². The number of ether oxygens (including phenoxy) is 1. The molecule has 0 aliphatic rings. The number of hydrogen-bond donors (Lipinski definition) is 1. The fourth-order valence-electron chi connectivity index (χ4n) is 1.92. The van der Waals surface area contributed by atoms with Crippen molar-refractivity contribution in [1.29, 1.82) is 0 Å². The number of hydrogen-bond acceptors (Lipinski definition) is 6. The summed E-state index contributed by atoms with van der Waals surface area (Å²) in [5.41, 5.74) is 0.717. The summed E-state index contributed by atoms with van der Waals surface area (Å²) in [7, 11) is 0. The van der Waals surface area contributed by atoms with Crippen LogP contribution in [0.1, 0.15) is 5.89 Å². The van der Waals surface area contributed by atoms with Crippen molar-refractivity contribution in [2.75, 3.05) is 0 Å². The lowest BCUT2D eigenvalue weighted by Gasteiger charge is -2.04. The minimum absolute atomic E-state index is 0.00450. The summed E-state index contributed by atoms with van der Waals surface area (Å²) in [5.74, 6) is 0.768. The van der Waals surface area contributed by atoms with Gasteiger partial charge in [-0.1, -0.05) is 11.7 Å². The molecule has 24 heavy (non-hydrogen) atoms. The molecule has 7 nitrogen and oxygen atoms in total. The molecule has 0 spiro atoms. The lowest BCUT2D eigenvalue weighted by Crippen LogP contribution is -2.02. The molecule has 2 aromatic heterocycles. The van der Waals surface area contributed by atoms with Crippen molar-refractivity contribution in [3.05, 3.63) is 66.8 Å². The van der Waals surface area contributed by atoms with E-state index in [4.69, 9.17) is 14.4 Å². The van der Waals surface area contributed by atoms with E-state index < -0.39 is 5.97 Å². The second-order valence-electron chi connectivity index (χ2n) is 4.91. The summed E-state index contributed by atoms with van der Waals surface area (Å²) in [4.78, 5) is 18.9. The van der Waals surface area contributed by atoms with E-state index in [0.717, 1.165) is 5.56 Å². The van der Waals surface area contributed by atoms with Gasteiger partial charge in [0.2, 0.25) is 11.7 Å². The largest absolute Gasteiger partial charge is 0.478 e. The van der Waals surface area contributed by atoms with E-state index in [1.807, 2.05) is 6.07 Å². The summed E-state index contributed by atoms with van der Waals surface area (Å²) in [6.45, 7) is 3.43. The number of nitrogens with zero attached hydrogens (tertiary/aromatic N) is 3. The maximum Gasteiger partial charge on any atom is 0.331 e. The Morgan fingerprint density at radius 2 is 2.00 bits per heavy atom. The van der Waals surface area contributed by atoms with E-state index in [1.165, 1.54) is 0 Å². The first kappa shape index (κ1) is 15.4. The highest BCUT2D eigenvalue weighted by Crippen LogP contribution is 2.24. The van der Waals surface area contributed by atoms with Gasteiger partial charge in [-0.2, -0.15) is 4.98 Å². The van der Waals surface area contributed by atoms with E-state index >= 15 is 0 Å². The molecular weight excluding hydrogens is 310 g/mol. The molecule has 0 saturated heterocycles. The SMILES string of the molecule is C=C(Cc1nc(-c2ccc(Oc3cccnc3)cc2)no1)C(=O)O. The minimum Gasteiger partial charge on any atom is -0.478 e. The van der Waals surface area contributed by atoms with Crippen LogP contribution in [0.25, 0.3) is 11.4 Å². The molecule has 0 unspecified atom stereocenters. The third-order valence-corrected chi connectivity index (χ3v) is 3.12. The van der Waals surface area contributed by atoms with Gasteiger partial charge < -0.3 is 14.4 Å². The van der Waals surface area contributed by atoms with Crippen LogP contribution in [0.5, 0.6) is 11.5 Å². The molecule has 0 aliphatic carbocycles. The number of aliphatic carboxylic acids is 1. The molecule has 0 bridgehead atoms. The van der Waals surface area contributed by atoms with Crippen molar-refractivity contribution >= 4 is 5.97 Å². The quantitative estimate of drug-likeness (QED) is 0.696. The number of pyridine rings is 1. The predicted octanol–water partition coefficient (Wildman–Crippen LogP) is 3.11. The average Bonchev–Trinajstić information content (AvgIpc) is 3.05. The number of rotatable bonds is 6. The van der Waals surface area contributed by atoms with Crippen molar-refractivity contribution in [2.45, 2.75) is 6.42 Å². The van der Waals surface area contributed by atoms with Gasteiger partial charge in [0.25, 0.3) is 0 Å². The maximum atomic E-state index is 10.8. The first-order chi connectivity index (χ1) is 11.6. The van der Waals surface area contributed by atoms with E-state index in [-0.39, 0.29) is 17.9 Å². The van der Waals surface area contributed by atoms with Crippen molar-refractivity contribution < 1.29 is 19.2 Å². The highest BCUT2D eigenvalue weighted by atomic mass is 16.5. The van der Waals surface area contributed by atoms with Gasteiger partial charge in [-0.15, -0.1) is 0 Å². The van der Waals surface area contributed by atoms with E-state index in [1.54, 1.807) is 42.7 Å². The molecule has 1 N–H and O–H groups in total. The van der Waals surface area contributed by atoms with Crippen LogP contribution in [-0.2, 0) is 11.2 Å². The maximum absolute atomic E-state index is 10.8. The van der Waals surface area contributed by atoms with Crippen LogP contribution in [0, 0.1) is 0 Å². The highest BCUT2D eigenvalue weighted by molar-refractivity contribution is 5.86. The normalized spacial score (nSPS) is 10.3. The monoisotopic (exact) mass is 323 g/mol. The molecule has 0 amide bonds. The summed E-state index contributed by atoms with van der Waals surface area (Å²) in [6, 6.07) is 10.7. The van der Waals surface area contributed by atoms with Crippen LogP contribution in [0.3, 0.4) is 0 Å². The molecule has 2 heterocycles. The summed E-state index contributed by atoms with van der Waals surface area (Å²) >= 11 is 0. The molecular formula is C17H13N3O4. The Kier molecular flexibility index (Phi) is 4.33. The van der Waals surface area contributed by atoms with Crippen LogP contribution in [0.15, 0.2) is 65.5 Å². The molecule has 3 aromatic rings. The lowest BCUT2D eigenvalue weighted by molar-refractivity contribution is -0.132. The van der Waals surface area contributed by atoms with Crippen molar-refractivity contribution in [1.82, 2.24) is 15.1 Å². The van der Waals surface area contributed by atoms with Gasteiger partial charge in [-0.3, -0.25) is 4.98 Å². The van der Waals surface area contributed by atoms with Crippen LogP contribution >= 0.6 is 0 Å². The zero-order valence-corrected chi connectivity index (χ0v) is 12.5. The lowest BCUT2D eigenvalue weighted by atomic mass is 10.2. The second-order valence-corrected chi connectivity index (χ2v) is 4.91. The highest BCUT2D eigenvalue weighted by Gasteiger charge is 2.13. The number of carboxylic acid groups (broad SMARTS) is 1. The molecule has 0 radical (unpaired) electrons. The average molecular weight is 323 g/mol. The van der Waals surface area contributed by atoms with Crippen LogP contribution in [-0.4, -0.2) is 26.2 Å². The van der Waals surface area contributed by atoms with Gasteiger partial charge in [-0.05, 0) is 36.4 Å². The Balaban J connectivity index is 1.71.